The van der Waals surface area contributed by atoms with Crippen molar-refractivity contribution >= 4 is 11.6 Å². The van der Waals surface area contributed by atoms with Crippen molar-refractivity contribution in [1.29, 1.82) is 0 Å². The van der Waals surface area contributed by atoms with Crippen molar-refractivity contribution in [2.75, 3.05) is 5.32 Å². The summed E-state index contributed by atoms with van der Waals surface area (Å²) >= 11 is 0. The van der Waals surface area contributed by atoms with E-state index in [1.54, 1.807) is 0 Å². The van der Waals surface area contributed by atoms with Crippen LogP contribution in [0.4, 0.5) is 40.8 Å². The van der Waals surface area contributed by atoms with Gasteiger partial charge < -0.3 is 15.8 Å². The monoisotopic (exact) mass is 586 g/mol. The number of anilines is 1. The highest BCUT2D eigenvalue weighted by atomic mass is 19.4. The van der Waals surface area contributed by atoms with Crippen LogP contribution in [0.15, 0.2) is 48.5 Å². The lowest BCUT2D eigenvalue weighted by Crippen LogP contribution is -2.38. The van der Waals surface area contributed by atoms with E-state index in [0.29, 0.717) is 24.5 Å². The van der Waals surface area contributed by atoms with Gasteiger partial charge in [0.05, 0.1) is 11.1 Å². The van der Waals surface area contributed by atoms with Crippen LogP contribution in [0.25, 0.3) is 0 Å². The third-order valence-electron chi connectivity index (χ3n) is 6.89. The van der Waals surface area contributed by atoms with E-state index in [0.717, 1.165) is 36.4 Å². The molecule has 1 aliphatic rings. The molecule has 1 saturated carbocycles. The Morgan fingerprint density at radius 3 is 2.27 bits per heavy atom. The normalized spacial score (nSPS) is 15.4. The zero-order chi connectivity index (χ0) is 30.3. The van der Waals surface area contributed by atoms with Crippen molar-refractivity contribution in [1.82, 2.24) is 0 Å². The predicted octanol–water partition coefficient (Wildman–Crippen LogP) is 8.60. The van der Waals surface area contributed by atoms with Crippen molar-refractivity contribution in [3.63, 3.8) is 0 Å². The van der Waals surface area contributed by atoms with Crippen LogP contribution < -0.4 is 15.8 Å². The number of rotatable bonds is 8. The third-order valence-corrected chi connectivity index (χ3v) is 6.89. The maximum Gasteiger partial charge on any atom is 0.416 e. The molecule has 0 saturated heterocycles. The average molecular weight is 587 g/mol. The summed E-state index contributed by atoms with van der Waals surface area (Å²) in [5.41, 5.74) is 3.73. The molecule has 0 radical (unpaired) electrons. The van der Waals surface area contributed by atoms with Gasteiger partial charge in [0.1, 0.15) is 29.2 Å². The zero-order valence-electron chi connectivity index (χ0n) is 21.9. The summed E-state index contributed by atoms with van der Waals surface area (Å²) in [5, 5.41) is 2.39. The second-order valence-electron chi connectivity index (χ2n) is 10.2. The van der Waals surface area contributed by atoms with Gasteiger partial charge in [-0.15, -0.1) is 0 Å². The summed E-state index contributed by atoms with van der Waals surface area (Å²) in [5.74, 6) is -3.90. The molecule has 220 valence electrons. The number of hydrogen-bond acceptors (Lipinski definition) is 3. The largest absolute Gasteiger partial charge is 0.456 e. The maximum atomic E-state index is 14.5. The summed E-state index contributed by atoms with van der Waals surface area (Å²) in [4.78, 5) is 13.3. The number of nitrogens with one attached hydrogen (secondary N) is 1. The molecular weight excluding hydrogens is 560 g/mol. The molecule has 41 heavy (non-hydrogen) atoms. The smallest absolute Gasteiger partial charge is 0.416 e. The minimum Gasteiger partial charge on any atom is -0.456 e. The van der Waals surface area contributed by atoms with Crippen LogP contribution in [0, 0.1) is 18.6 Å². The molecule has 2 atom stereocenters. The molecule has 0 bridgehead atoms. The molecule has 1 aliphatic carbocycles. The van der Waals surface area contributed by atoms with Gasteiger partial charge in [0.15, 0.2) is 0 Å². The summed E-state index contributed by atoms with van der Waals surface area (Å²) < 4.78 is 115. The summed E-state index contributed by atoms with van der Waals surface area (Å²) in [7, 11) is 0. The molecule has 0 aromatic heterocycles. The van der Waals surface area contributed by atoms with Crippen molar-refractivity contribution in [3.05, 3.63) is 88.0 Å². The molecule has 1 amide bonds. The second kappa shape index (κ2) is 11.3. The molecule has 1 fully saturated rings. The van der Waals surface area contributed by atoms with Gasteiger partial charge in [-0.2, -0.15) is 26.3 Å². The molecule has 3 aromatic rings. The quantitative estimate of drug-likeness (QED) is 0.260. The highest BCUT2D eigenvalue weighted by molar-refractivity contribution is 6.06. The van der Waals surface area contributed by atoms with Gasteiger partial charge in [0.2, 0.25) is 0 Å². The van der Waals surface area contributed by atoms with Crippen LogP contribution in [0.5, 0.6) is 11.5 Å². The van der Waals surface area contributed by atoms with Crippen molar-refractivity contribution in [3.8, 4) is 11.5 Å². The highest BCUT2D eigenvalue weighted by Gasteiger charge is 2.40. The van der Waals surface area contributed by atoms with Crippen LogP contribution in [0.3, 0.4) is 0 Å². The van der Waals surface area contributed by atoms with E-state index >= 15 is 0 Å². The number of carbonyl (C=O) groups is 1. The lowest BCUT2D eigenvalue weighted by atomic mass is 9.93. The fourth-order valence-electron chi connectivity index (χ4n) is 4.52. The maximum absolute atomic E-state index is 14.5. The minimum atomic E-state index is -4.78. The first kappa shape index (κ1) is 30.3. The minimum absolute atomic E-state index is 0.0392. The number of hydrogen-bond donors (Lipinski definition) is 2. The number of carbonyl (C=O) groups excluding carboxylic acids is 1. The Labute approximate surface area is 230 Å². The topological polar surface area (TPSA) is 64.3 Å². The van der Waals surface area contributed by atoms with Crippen LogP contribution in [-0.2, 0) is 6.18 Å². The fraction of sp³-hybridized carbons (Fsp3) is 0.345. The molecule has 4 nitrogen and oxygen atoms in total. The van der Waals surface area contributed by atoms with Crippen molar-refractivity contribution < 1.29 is 44.7 Å². The lowest BCUT2D eigenvalue weighted by Gasteiger charge is -2.21. The molecular formula is C29H26F8N2O2. The van der Waals surface area contributed by atoms with Gasteiger partial charge in [0, 0.05) is 5.69 Å². The molecule has 0 heterocycles. The Morgan fingerprint density at radius 2 is 1.68 bits per heavy atom. The van der Waals surface area contributed by atoms with Crippen LogP contribution in [-0.4, -0.2) is 18.1 Å². The Morgan fingerprint density at radius 1 is 1.00 bits per heavy atom. The third kappa shape index (κ3) is 7.16. The Balaban J connectivity index is 1.71. The van der Waals surface area contributed by atoms with E-state index in [1.807, 2.05) is 0 Å². The van der Waals surface area contributed by atoms with Crippen LogP contribution in [0.2, 0.25) is 0 Å². The average Bonchev–Trinajstić information content (AvgIpc) is 3.71. The van der Waals surface area contributed by atoms with Crippen molar-refractivity contribution in [2.45, 2.75) is 63.3 Å². The number of benzene rings is 3. The molecule has 3 N–H and O–H groups in total. The van der Waals surface area contributed by atoms with Gasteiger partial charge in [-0.05, 0) is 103 Å². The van der Waals surface area contributed by atoms with Gasteiger partial charge in [-0.25, -0.2) is 8.78 Å². The first-order valence-electron chi connectivity index (χ1n) is 12.7. The summed E-state index contributed by atoms with van der Waals surface area (Å²) in [6, 6.07) is 6.30. The first-order chi connectivity index (χ1) is 19.0. The number of amides is 1. The van der Waals surface area contributed by atoms with Gasteiger partial charge in [0.25, 0.3) is 5.91 Å². The number of aryl methyl sites for hydroxylation is 1. The van der Waals surface area contributed by atoms with E-state index in [-0.39, 0.29) is 34.2 Å². The molecule has 2 unspecified atom stereocenters. The van der Waals surface area contributed by atoms with Gasteiger partial charge >= 0.3 is 12.4 Å². The molecule has 4 rings (SSSR count). The van der Waals surface area contributed by atoms with E-state index in [2.05, 4.69) is 5.32 Å². The second-order valence-corrected chi connectivity index (χ2v) is 10.2. The van der Waals surface area contributed by atoms with E-state index in [4.69, 9.17) is 10.5 Å². The van der Waals surface area contributed by atoms with Crippen LogP contribution >= 0.6 is 0 Å². The standard InChI is InChI=1S/C29H26F8N2O2/c1-14(10-26(38)29(35,36)37)19-11-18(6-7-23(19)31)39-27(40)21-12-22(28(32,33)34)20(16-3-4-16)13-25(21)41-24-8-5-17(30)9-15(24)2/h5-9,11-14,16,26H,3-4,10,38H2,1-2H3,(H,39,40). The number of halogens is 8. The number of ether oxygens (including phenoxy) is 1. The summed E-state index contributed by atoms with van der Waals surface area (Å²) in [6.07, 6.45) is -9.06. The zero-order valence-corrected chi connectivity index (χ0v) is 21.9. The predicted molar refractivity (Wildman–Crippen MR) is 136 cm³/mol. The lowest BCUT2D eigenvalue weighted by molar-refractivity contribution is -0.149. The SMILES string of the molecule is Cc1cc(F)ccc1Oc1cc(C2CC2)c(C(F)(F)F)cc1C(=O)Nc1ccc(F)c(C(C)CC(N)C(F)(F)F)c1. The van der Waals surface area contributed by atoms with Crippen molar-refractivity contribution in [2.24, 2.45) is 5.73 Å². The Bertz CT molecular complexity index is 1450. The molecule has 12 heteroatoms. The van der Waals surface area contributed by atoms with E-state index in [1.165, 1.54) is 19.9 Å². The highest BCUT2D eigenvalue weighted by Crippen LogP contribution is 2.48. The fourth-order valence-corrected chi connectivity index (χ4v) is 4.52. The van der Waals surface area contributed by atoms with E-state index < -0.39 is 59.4 Å². The molecule has 0 aliphatic heterocycles. The van der Waals surface area contributed by atoms with Gasteiger partial charge in [-0.1, -0.05) is 6.92 Å². The molecule has 3 aromatic carbocycles. The number of nitrogens with two attached hydrogens (primary N) is 1. The Hall–Kier alpha value is -3.67. The number of alkyl halides is 6. The van der Waals surface area contributed by atoms with Gasteiger partial charge in [-0.3, -0.25) is 4.79 Å². The van der Waals surface area contributed by atoms with E-state index in [9.17, 15) is 39.9 Å². The Kier molecular flexibility index (Phi) is 8.35. The first-order valence-corrected chi connectivity index (χ1v) is 12.7. The molecule has 0 spiro atoms. The summed E-state index contributed by atoms with van der Waals surface area (Å²) in [6.45, 7) is 2.86. The van der Waals surface area contributed by atoms with Crippen LogP contribution in [0.1, 0.15) is 70.6 Å².